The van der Waals surface area contributed by atoms with Crippen molar-refractivity contribution in [3.8, 4) is 6.07 Å². The van der Waals surface area contributed by atoms with E-state index in [0.29, 0.717) is 11.6 Å². The summed E-state index contributed by atoms with van der Waals surface area (Å²) < 4.78 is 67.9. The van der Waals surface area contributed by atoms with E-state index in [1.165, 1.54) is 28.6 Å². The van der Waals surface area contributed by atoms with Crippen molar-refractivity contribution in [2.45, 2.75) is 35.9 Å². The number of sulfonamides is 1. The Hall–Kier alpha value is -3.43. The Bertz CT molecular complexity index is 1540. The van der Waals surface area contributed by atoms with Gasteiger partial charge in [0, 0.05) is 30.2 Å². The number of alkyl halides is 3. The van der Waals surface area contributed by atoms with Gasteiger partial charge in [-0.2, -0.15) is 22.7 Å². The van der Waals surface area contributed by atoms with Gasteiger partial charge in [-0.25, -0.2) is 8.42 Å². The minimum atomic E-state index is -4.83. The third kappa shape index (κ3) is 6.31. The number of rotatable bonds is 7. The molecule has 1 heterocycles. The first-order valence-corrected chi connectivity index (χ1v) is 14.1. The second-order valence-corrected chi connectivity index (χ2v) is 11.9. The van der Waals surface area contributed by atoms with Crippen molar-refractivity contribution in [2.24, 2.45) is 5.92 Å². The topological polar surface area (TPSA) is 110 Å². The molecule has 1 aliphatic rings. The highest BCUT2D eigenvalue weighted by atomic mass is 35.5. The van der Waals surface area contributed by atoms with Crippen LogP contribution in [0.1, 0.15) is 29.5 Å². The number of piperidine rings is 1. The lowest BCUT2D eigenvalue weighted by Gasteiger charge is -2.40. The van der Waals surface area contributed by atoms with Gasteiger partial charge < -0.3 is 10.4 Å². The summed E-state index contributed by atoms with van der Waals surface area (Å²) in [6, 6.07) is 18.7. The molecule has 0 aliphatic carbocycles. The summed E-state index contributed by atoms with van der Waals surface area (Å²) in [5.74, 6) is -1.63. The van der Waals surface area contributed by atoms with E-state index in [2.05, 4.69) is 5.32 Å². The number of carbonyl (C=O) groups excluding carboxylic acids is 1. The van der Waals surface area contributed by atoms with E-state index in [4.69, 9.17) is 16.9 Å². The molecule has 0 bridgehead atoms. The van der Waals surface area contributed by atoms with Crippen molar-refractivity contribution in [1.82, 2.24) is 4.31 Å². The van der Waals surface area contributed by atoms with Gasteiger partial charge in [-0.05, 0) is 60.7 Å². The highest BCUT2D eigenvalue weighted by molar-refractivity contribution is 7.89. The maximum Gasteiger partial charge on any atom is 0.417 e. The van der Waals surface area contributed by atoms with Gasteiger partial charge in [-0.15, -0.1) is 0 Å². The van der Waals surface area contributed by atoms with E-state index in [9.17, 15) is 31.5 Å². The van der Waals surface area contributed by atoms with E-state index < -0.39 is 44.8 Å². The van der Waals surface area contributed by atoms with Crippen LogP contribution in [0.15, 0.2) is 77.7 Å². The second-order valence-electron chi connectivity index (χ2n) is 9.55. The number of anilines is 1. The summed E-state index contributed by atoms with van der Waals surface area (Å²) in [5.41, 5.74) is -3.49. The lowest BCUT2D eigenvalue weighted by molar-refractivity contribution is -0.142. The molecule has 12 heteroatoms. The van der Waals surface area contributed by atoms with Gasteiger partial charge in [0.25, 0.3) is 5.91 Å². The van der Waals surface area contributed by atoms with E-state index in [-0.39, 0.29) is 48.0 Å². The summed E-state index contributed by atoms with van der Waals surface area (Å²) >= 11 is 5.96. The Morgan fingerprint density at radius 3 is 2.33 bits per heavy atom. The summed E-state index contributed by atoms with van der Waals surface area (Å²) in [6.07, 6.45) is -4.73. The molecule has 0 radical (unpaired) electrons. The largest absolute Gasteiger partial charge is 0.417 e. The Morgan fingerprint density at radius 2 is 1.73 bits per heavy atom. The predicted octanol–water partition coefficient (Wildman–Crippen LogP) is 5.24. The van der Waals surface area contributed by atoms with Crippen LogP contribution in [0.4, 0.5) is 18.9 Å². The Morgan fingerprint density at radius 1 is 1.05 bits per heavy atom. The highest BCUT2D eigenvalue weighted by Gasteiger charge is 2.46. The zero-order valence-electron chi connectivity index (χ0n) is 21.0. The quantitative estimate of drug-likeness (QED) is 0.390. The summed E-state index contributed by atoms with van der Waals surface area (Å²) in [4.78, 5) is 13.6. The van der Waals surface area contributed by atoms with Crippen LogP contribution in [-0.4, -0.2) is 42.4 Å². The number of halogens is 4. The molecule has 1 atom stereocenters. The molecule has 4 rings (SSSR count). The zero-order chi connectivity index (χ0) is 29.1. The van der Waals surface area contributed by atoms with Gasteiger partial charge in [0.2, 0.25) is 10.0 Å². The van der Waals surface area contributed by atoms with Crippen LogP contribution in [0, 0.1) is 17.2 Å². The number of hydrogen-bond donors (Lipinski definition) is 2. The SMILES string of the molecule is N#Cc1ccc(NC(=O)[C@@](O)(Cc2ccccc2)C2CCN(S(=O)(=O)c3cccc(Cl)c3)CC2)cc1C(F)(F)F. The molecule has 0 spiro atoms. The molecule has 0 aromatic heterocycles. The van der Waals surface area contributed by atoms with Crippen molar-refractivity contribution in [1.29, 1.82) is 5.26 Å². The van der Waals surface area contributed by atoms with Crippen LogP contribution >= 0.6 is 11.6 Å². The minimum absolute atomic E-state index is 0.0129. The van der Waals surface area contributed by atoms with Gasteiger partial charge in [0.05, 0.1) is 22.1 Å². The van der Waals surface area contributed by atoms with E-state index in [0.717, 1.165) is 12.1 Å². The second kappa shape index (κ2) is 11.6. The van der Waals surface area contributed by atoms with Crippen LogP contribution in [0.3, 0.4) is 0 Å². The average Bonchev–Trinajstić information content (AvgIpc) is 2.93. The fourth-order valence-corrected chi connectivity index (χ4v) is 6.63. The lowest BCUT2D eigenvalue weighted by Crippen LogP contribution is -2.54. The minimum Gasteiger partial charge on any atom is -0.379 e. The number of nitriles is 1. The van der Waals surface area contributed by atoms with Gasteiger partial charge in [0.1, 0.15) is 5.60 Å². The number of carbonyl (C=O) groups is 1. The number of benzene rings is 3. The molecule has 210 valence electrons. The molecule has 2 N–H and O–H groups in total. The van der Waals surface area contributed by atoms with Crippen LogP contribution in [0.25, 0.3) is 0 Å². The van der Waals surface area contributed by atoms with Crippen molar-refractivity contribution >= 4 is 33.2 Å². The summed E-state index contributed by atoms with van der Waals surface area (Å²) in [7, 11) is -3.87. The highest BCUT2D eigenvalue weighted by Crippen LogP contribution is 2.37. The average molecular weight is 592 g/mol. The van der Waals surface area contributed by atoms with E-state index >= 15 is 0 Å². The smallest absolute Gasteiger partial charge is 0.379 e. The first kappa shape index (κ1) is 29.6. The van der Waals surface area contributed by atoms with Crippen LogP contribution in [-0.2, 0) is 27.4 Å². The fourth-order valence-electron chi connectivity index (χ4n) is 4.86. The maximum absolute atomic E-state index is 13.5. The van der Waals surface area contributed by atoms with Gasteiger partial charge >= 0.3 is 6.18 Å². The van der Waals surface area contributed by atoms with E-state index in [1.807, 2.05) is 0 Å². The molecule has 1 aliphatic heterocycles. The molecule has 1 saturated heterocycles. The molecule has 1 amide bonds. The molecule has 0 unspecified atom stereocenters. The molecule has 7 nitrogen and oxygen atoms in total. The van der Waals surface area contributed by atoms with Crippen molar-refractivity contribution in [3.63, 3.8) is 0 Å². The first-order valence-electron chi connectivity index (χ1n) is 12.3. The van der Waals surface area contributed by atoms with Gasteiger partial charge in [-0.1, -0.05) is 48.0 Å². The summed E-state index contributed by atoms with van der Waals surface area (Å²) in [5, 5.41) is 23.5. The van der Waals surface area contributed by atoms with Crippen molar-refractivity contribution in [2.75, 3.05) is 18.4 Å². The molecule has 0 saturated carbocycles. The molecule has 1 fully saturated rings. The molecule has 40 heavy (non-hydrogen) atoms. The van der Waals surface area contributed by atoms with Crippen LogP contribution in [0.5, 0.6) is 0 Å². The lowest BCUT2D eigenvalue weighted by atomic mass is 9.76. The number of amides is 1. The number of nitrogens with zero attached hydrogens (tertiary/aromatic N) is 2. The third-order valence-corrected chi connectivity index (χ3v) is 9.11. The first-order chi connectivity index (χ1) is 18.8. The predicted molar refractivity (Wildman–Crippen MR) is 143 cm³/mol. The van der Waals surface area contributed by atoms with E-state index in [1.54, 1.807) is 36.4 Å². The van der Waals surface area contributed by atoms with Gasteiger partial charge in [-0.3, -0.25) is 4.79 Å². The van der Waals surface area contributed by atoms with Gasteiger partial charge in [0.15, 0.2) is 0 Å². The molecular weight excluding hydrogens is 567 g/mol. The van der Waals surface area contributed by atoms with Crippen LogP contribution < -0.4 is 5.32 Å². The Kier molecular flexibility index (Phi) is 8.56. The monoisotopic (exact) mass is 591 g/mol. The van der Waals surface area contributed by atoms with Crippen LogP contribution in [0.2, 0.25) is 5.02 Å². The normalized spacial score (nSPS) is 16.6. The number of nitrogens with one attached hydrogen (secondary N) is 1. The Balaban J connectivity index is 1.60. The fraction of sp³-hybridized carbons (Fsp3) is 0.286. The maximum atomic E-state index is 13.5. The molecular formula is C28H25ClF3N3O4S. The third-order valence-electron chi connectivity index (χ3n) is 6.98. The Labute approximate surface area is 234 Å². The zero-order valence-corrected chi connectivity index (χ0v) is 22.6. The van der Waals surface area contributed by atoms with Crippen molar-refractivity contribution in [3.05, 3.63) is 94.5 Å². The summed E-state index contributed by atoms with van der Waals surface area (Å²) in [6.45, 7) is 0.0258. The molecule has 3 aromatic rings. The standard InChI is InChI=1S/C28H25ClF3N3O4S/c29-22-7-4-8-24(15-22)40(38,39)35-13-11-21(12-14-35)27(37,17-19-5-2-1-3-6-19)26(36)34-23-10-9-20(18-33)25(16-23)28(30,31)32/h1-10,15-16,21,37H,11-14,17H2,(H,34,36)/t27-/m1/s1. The molecule has 3 aromatic carbocycles. The number of aliphatic hydroxyl groups is 1. The number of hydrogen-bond acceptors (Lipinski definition) is 5. The van der Waals surface area contributed by atoms with Crippen molar-refractivity contribution < 1.29 is 31.5 Å².